The first kappa shape index (κ1) is 19.5. The second-order valence-corrected chi connectivity index (χ2v) is 7.64. The van der Waals surface area contributed by atoms with Gasteiger partial charge in [-0.15, -0.1) is 0 Å². The zero-order valence-corrected chi connectivity index (χ0v) is 16.9. The van der Waals surface area contributed by atoms with Crippen molar-refractivity contribution in [3.05, 3.63) is 87.2 Å². The van der Waals surface area contributed by atoms with Crippen molar-refractivity contribution in [2.24, 2.45) is 5.10 Å². The van der Waals surface area contributed by atoms with Gasteiger partial charge < -0.3 is 4.42 Å². The Hall–Kier alpha value is -3.85. The Morgan fingerprint density at radius 2 is 1.97 bits per heavy atom. The fraction of sp³-hybridized carbons (Fsp3) is 0.0952. The number of benzene rings is 2. The van der Waals surface area contributed by atoms with Gasteiger partial charge in [-0.25, -0.2) is 4.98 Å². The standard InChI is InChI=1S/C21H16N4O4S/c1-13-4-3-5-15(10-13)20(26)24(22-12-16-7-9-19(29-16)25(27)28)21-23-17-8-6-14(2)11-18(17)30-21/h3-12H,1-2H3/b22-12+. The second kappa shape index (κ2) is 7.88. The number of amides is 1. The highest BCUT2D eigenvalue weighted by molar-refractivity contribution is 7.22. The number of thiazole rings is 1. The van der Waals surface area contributed by atoms with Crippen molar-refractivity contribution < 1.29 is 14.1 Å². The summed E-state index contributed by atoms with van der Waals surface area (Å²) in [5.41, 5.74) is 3.23. The maximum atomic E-state index is 13.2. The van der Waals surface area contributed by atoms with Crippen LogP contribution >= 0.6 is 11.3 Å². The Morgan fingerprint density at radius 3 is 2.70 bits per heavy atom. The Balaban J connectivity index is 1.75. The number of carbonyl (C=O) groups excluding carboxylic acids is 1. The summed E-state index contributed by atoms with van der Waals surface area (Å²) in [5, 5.41) is 16.6. The predicted molar refractivity (Wildman–Crippen MR) is 115 cm³/mol. The van der Waals surface area contributed by atoms with Gasteiger partial charge in [0.05, 0.1) is 22.5 Å². The molecule has 4 rings (SSSR count). The molecular weight excluding hydrogens is 404 g/mol. The smallest absolute Gasteiger partial charge is 0.400 e. The normalized spacial score (nSPS) is 11.3. The number of aryl methyl sites for hydroxylation is 2. The molecule has 150 valence electrons. The van der Waals surface area contributed by atoms with E-state index < -0.39 is 10.8 Å². The molecule has 0 aliphatic carbocycles. The molecule has 0 saturated carbocycles. The van der Waals surface area contributed by atoms with Crippen LogP contribution in [0, 0.1) is 24.0 Å². The van der Waals surface area contributed by atoms with Crippen LogP contribution in [0.2, 0.25) is 0 Å². The average molecular weight is 420 g/mol. The first-order valence-corrected chi connectivity index (χ1v) is 9.79. The molecule has 0 radical (unpaired) electrons. The zero-order chi connectivity index (χ0) is 21.3. The van der Waals surface area contributed by atoms with Gasteiger partial charge in [-0.2, -0.15) is 10.1 Å². The monoisotopic (exact) mass is 420 g/mol. The van der Waals surface area contributed by atoms with E-state index >= 15 is 0 Å². The van der Waals surface area contributed by atoms with Gasteiger partial charge in [-0.3, -0.25) is 14.9 Å². The van der Waals surface area contributed by atoms with E-state index in [-0.39, 0.29) is 11.7 Å². The Labute approximate surface area is 175 Å². The lowest BCUT2D eigenvalue weighted by molar-refractivity contribution is -0.402. The minimum Gasteiger partial charge on any atom is -0.400 e. The van der Waals surface area contributed by atoms with Gasteiger partial charge in [0, 0.05) is 5.56 Å². The largest absolute Gasteiger partial charge is 0.433 e. The lowest BCUT2D eigenvalue weighted by atomic mass is 10.1. The number of nitro groups is 1. The van der Waals surface area contributed by atoms with Crippen molar-refractivity contribution in [3.8, 4) is 0 Å². The fourth-order valence-electron chi connectivity index (χ4n) is 2.82. The van der Waals surface area contributed by atoms with Crippen LogP contribution in [0.25, 0.3) is 10.2 Å². The maximum absolute atomic E-state index is 13.2. The number of carbonyl (C=O) groups is 1. The molecule has 30 heavy (non-hydrogen) atoms. The van der Waals surface area contributed by atoms with Gasteiger partial charge in [0.15, 0.2) is 5.76 Å². The number of hydrogen-bond donors (Lipinski definition) is 0. The molecule has 0 aliphatic rings. The van der Waals surface area contributed by atoms with Crippen LogP contribution in [-0.4, -0.2) is 22.0 Å². The van der Waals surface area contributed by atoms with Gasteiger partial charge in [0.1, 0.15) is 4.92 Å². The predicted octanol–water partition coefficient (Wildman–Crippen LogP) is 5.10. The van der Waals surface area contributed by atoms with Crippen LogP contribution in [0.15, 0.2) is 64.1 Å². The van der Waals surface area contributed by atoms with E-state index in [1.54, 1.807) is 18.2 Å². The van der Waals surface area contributed by atoms with Crippen molar-refractivity contribution in [2.45, 2.75) is 13.8 Å². The van der Waals surface area contributed by atoms with Crippen LogP contribution in [0.5, 0.6) is 0 Å². The third-order valence-corrected chi connectivity index (χ3v) is 5.26. The molecule has 9 heteroatoms. The van der Waals surface area contributed by atoms with Gasteiger partial charge in [0.25, 0.3) is 5.91 Å². The molecule has 0 N–H and O–H groups in total. The van der Waals surface area contributed by atoms with E-state index in [2.05, 4.69) is 10.1 Å². The van der Waals surface area contributed by atoms with E-state index in [4.69, 9.17) is 4.42 Å². The number of furan rings is 1. The average Bonchev–Trinajstić information content (AvgIpc) is 3.35. The third kappa shape index (κ3) is 3.96. The van der Waals surface area contributed by atoms with Crippen LogP contribution in [0.1, 0.15) is 27.2 Å². The van der Waals surface area contributed by atoms with Gasteiger partial charge in [0.2, 0.25) is 5.13 Å². The Morgan fingerprint density at radius 1 is 1.17 bits per heavy atom. The highest BCUT2D eigenvalue weighted by Gasteiger charge is 2.21. The number of nitrogens with zero attached hydrogens (tertiary/aromatic N) is 4. The molecule has 0 aliphatic heterocycles. The van der Waals surface area contributed by atoms with Crippen LogP contribution in [0.3, 0.4) is 0 Å². The Bertz CT molecular complexity index is 1290. The lowest BCUT2D eigenvalue weighted by Gasteiger charge is -2.13. The van der Waals surface area contributed by atoms with Crippen LogP contribution in [0.4, 0.5) is 11.0 Å². The van der Waals surface area contributed by atoms with Gasteiger partial charge in [-0.05, 0) is 49.7 Å². The molecule has 0 spiro atoms. The highest BCUT2D eigenvalue weighted by Crippen LogP contribution is 2.31. The number of hydrogen-bond acceptors (Lipinski definition) is 7. The van der Waals surface area contributed by atoms with Crippen molar-refractivity contribution in [1.82, 2.24) is 4.98 Å². The summed E-state index contributed by atoms with van der Waals surface area (Å²) >= 11 is 1.33. The number of anilines is 1. The molecule has 0 bridgehead atoms. The molecule has 2 aromatic heterocycles. The van der Waals surface area contributed by atoms with E-state index in [1.807, 2.05) is 38.1 Å². The topological polar surface area (TPSA) is 102 Å². The van der Waals surface area contributed by atoms with Crippen molar-refractivity contribution >= 4 is 44.7 Å². The van der Waals surface area contributed by atoms with Crippen molar-refractivity contribution in [1.29, 1.82) is 0 Å². The number of rotatable bonds is 5. The Kier molecular flexibility index (Phi) is 5.11. The highest BCUT2D eigenvalue weighted by atomic mass is 32.1. The summed E-state index contributed by atoms with van der Waals surface area (Å²) < 4.78 is 6.03. The van der Waals surface area contributed by atoms with E-state index in [1.165, 1.54) is 34.7 Å². The van der Waals surface area contributed by atoms with E-state index in [0.717, 1.165) is 21.3 Å². The molecule has 0 atom stereocenters. The third-order valence-electron chi connectivity index (χ3n) is 4.26. The molecule has 0 fully saturated rings. The number of aromatic nitrogens is 1. The van der Waals surface area contributed by atoms with Crippen molar-refractivity contribution in [3.63, 3.8) is 0 Å². The molecule has 1 amide bonds. The minimum atomic E-state index is -0.636. The molecular formula is C21H16N4O4S. The van der Waals surface area contributed by atoms with Crippen molar-refractivity contribution in [2.75, 3.05) is 5.01 Å². The van der Waals surface area contributed by atoms with E-state index in [0.29, 0.717) is 10.7 Å². The minimum absolute atomic E-state index is 0.153. The summed E-state index contributed by atoms with van der Waals surface area (Å²) in [7, 11) is 0. The van der Waals surface area contributed by atoms with Gasteiger partial charge >= 0.3 is 5.88 Å². The van der Waals surface area contributed by atoms with Crippen LogP contribution < -0.4 is 5.01 Å². The second-order valence-electron chi connectivity index (χ2n) is 6.63. The number of hydrazone groups is 1. The quantitative estimate of drug-likeness (QED) is 0.254. The zero-order valence-electron chi connectivity index (χ0n) is 16.1. The molecule has 8 nitrogen and oxygen atoms in total. The first-order valence-electron chi connectivity index (χ1n) is 8.97. The SMILES string of the molecule is Cc1cccc(C(=O)N(/N=C/c2ccc([N+](=O)[O-])o2)c2nc3ccc(C)cc3s2)c1. The first-order chi connectivity index (χ1) is 14.4. The van der Waals surface area contributed by atoms with Gasteiger partial charge in [-0.1, -0.05) is 35.1 Å². The number of fused-ring (bicyclic) bond motifs is 1. The summed E-state index contributed by atoms with van der Waals surface area (Å²) in [4.78, 5) is 27.9. The van der Waals surface area contributed by atoms with Crippen LogP contribution in [-0.2, 0) is 0 Å². The van der Waals surface area contributed by atoms with E-state index in [9.17, 15) is 14.9 Å². The lowest BCUT2D eigenvalue weighted by Crippen LogP contribution is -2.25. The fourth-order valence-corrected chi connectivity index (χ4v) is 3.84. The summed E-state index contributed by atoms with van der Waals surface area (Å²) in [6.45, 7) is 3.88. The molecule has 0 saturated heterocycles. The summed E-state index contributed by atoms with van der Waals surface area (Å²) in [6, 6.07) is 15.6. The summed E-state index contributed by atoms with van der Waals surface area (Å²) in [5.74, 6) is -0.615. The summed E-state index contributed by atoms with van der Waals surface area (Å²) in [6.07, 6.45) is 1.26. The molecule has 2 aromatic carbocycles. The maximum Gasteiger partial charge on any atom is 0.433 e. The molecule has 2 heterocycles. The molecule has 0 unspecified atom stereocenters. The molecule has 4 aromatic rings.